The lowest BCUT2D eigenvalue weighted by atomic mass is 10.1. The first-order valence-corrected chi connectivity index (χ1v) is 9.23. The van der Waals surface area contributed by atoms with E-state index < -0.39 is 0 Å². The van der Waals surface area contributed by atoms with Gasteiger partial charge in [-0.25, -0.2) is 9.67 Å². The highest BCUT2D eigenvalue weighted by Crippen LogP contribution is 2.40. The second-order valence-corrected chi connectivity index (χ2v) is 7.19. The Bertz CT molecular complexity index is 782. The molecule has 140 valence electrons. The van der Waals surface area contributed by atoms with Gasteiger partial charge in [-0.05, 0) is 44.9 Å². The van der Waals surface area contributed by atoms with Crippen LogP contribution in [0.15, 0.2) is 24.3 Å². The highest BCUT2D eigenvalue weighted by molar-refractivity contribution is 6.32. The van der Waals surface area contributed by atoms with E-state index in [0.717, 1.165) is 50.3 Å². The van der Waals surface area contributed by atoms with E-state index in [1.165, 1.54) is 0 Å². The maximum atomic E-state index is 12.9. The van der Waals surface area contributed by atoms with Crippen molar-refractivity contribution in [3.63, 3.8) is 0 Å². The van der Waals surface area contributed by atoms with Crippen LogP contribution in [-0.2, 0) is 0 Å². The summed E-state index contributed by atoms with van der Waals surface area (Å²) in [5.41, 5.74) is 0.784. The Hall–Kier alpha value is -1.63. The lowest BCUT2D eigenvalue weighted by Gasteiger charge is -2.30. The minimum atomic E-state index is -0.0812. The van der Waals surface area contributed by atoms with E-state index in [2.05, 4.69) is 15.4 Å². The van der Waals surface area contributed by atoms with Gasteiger partial charge in [0.2, 0.25) is 5.82 Å². The molecule has 4 rings (SSSR count). The quantitative estimate of drug-likeness (QED) is 0.863. The number of hydrogen-bond donors (Lipinski definition) is 1. The van der Waals surface area contributed by atoms with Gasteiger partial charge in [0.1, 0.15) is 5.82 Å². The van der Waals surface area contributed by atoms with Crippen LogP contribution in [0.5, 0.6) is 0 Å². The first-order chi connectivity index (χ1) is 12.2. The van der Waals surface area contributed by atoms with Crippen LogP contribution in [0.25, 0.3) is 5.69 Å². The number of carbonyl (C=O) groups is 1. The molecule has 1 aliphatic carbocycles. The van der Waals surface area contributed by atoms with Crippen molar-refractivity contribution in [2.75, 3.05) is 20.1 Å². The molecule has 2 aromatic rings. The number of halogens is 2. The van der Waals surface area contributed by atoms with Gasteiger partial charge < -0.3 is 10.2 Å². The summed E-state index contributed by atoms with van der Waals surface area (Å²) in [6.45, 7) is 1.48. The number of nitrogens with one attached hydrogen (secondary N) is 1. The molecule has 2 aliphatic rings. The molecule has 1 aromatic carbocycles. The molecule has 0 bridgehead atoms. The van der Waals surface area contributed by atoms with Crippen molar-refractivity contribution in [2.45, 2.75) is 37.6 Å². The first-order valence-electron chi connectivity index (χ1n) is 8.85. The van der Waals surface area contributed by atoms with Gasteiger partial charge in [-0.3, -0.25) is 4.79 Å². The van der Waals surface area contributed by atoms with Crippen molar-refractivity contribution < 1.29 is 4.79 Å². The van der Waals surface area contributed by atoms with E-state index in [0.29, 0.717) is 17.0 Å². The van der Waals surface area contributed by atoms with E-state index >= 15 is 0 Å². The highest BCUT2D eigenvalue weighted by Gasteiger charge is 2.33. The SMILES string of the molecule is CNC1CCN(C(=O)c2nc(C3CC3)n(-c3ccccc3Cl)n2)CC1.Cl. The van der Waals surface area contributed by atoms with Crippen molar-refractivity contribution in [3.8, 4) is 5.69 Å². The van der Waals surface area contributed by atoms with E-state index in [1.54, 1.807) is 4.68 Å². The van der Waals surface area contributed by atoms with Gasteiger partial charge in [0, 0.05) is 25.0 Å². The Labute approximate surface area is 164 Å². The molecule has 1 amide bonds. The van der Waals surface area contributed by atoms with Crippen molar-refractivity contribution in [3.05, 3.63) is 40.9 Å². The number of aromatic nitrogens is 3. The summed E-state index contributed by atoms with van der Waals surface area (Å²) in [6, 6.07) is 8.04. The van der Waals surface area contributed by atoms with Gasteiger partial charge in [0.05, 0.1) is 10.7 Å². The van der Waals surface area contributed by atoms with Gasteiger partial charge in [-0.2, -0.15) is 0 Å². The van der Waals surface area contributed by atoms with Gasteiger partial charge in [-0.15, -0.1) is 17.5 Å². The van der Waals surface area contributed by atoms with E-state index in [-0.39, 0.29) is 24.1 Å². The molecular formula is C18H23Cl2N5O. The second-order valence-electron chi connectivity index (χ2n) is 6.79. The van der Waals surface area contributed by atoms with Crippen molar-refractivity contribution in [2.24, 2.45) is 0 Å². The average molecular weight is 396 g/mol. The van der Waals surface area contributed by atoms with Crippen LogP contribution in [0.1, 0.15) is 48.0 Å². The summed E-state index contributed by atoms with van der Waals surface area (Å²) in [7, 11) is 1.97. The number of rotatable bonds is 4. The van der Waals surface area contributed by atoms with Crippen molar-refractivity contribution >= 4 is 29.9 Å². The van der Waals surface area contributed by atoms with E-state index in [1.807, 2.05) is 36.2 Å². The third-order valence-corrected chi connectivity index (χ3v) is 5.36. The number of piperidine rings is 1. The summed E-state index contributed by atoms with van der Waals surface area (Å²) in [4.78, 5) is 19.3. The van der Waals surface area contributed by atoms with Crippen LogP contribution in [0, 0.1) is 0 Å². The van der Waals surface area contributed by atoms with Crippen LogP contribution in [0.4, 0.5) is 0 Å². The van der Waals surface area contributed by atoms with Crippen molar-refractivity contribution in [1.29, 1.82) is 0 Å². The smallest absolute Gasteiger partial charge is 0.293 e. The van der Waals surface area contributed by atoms with Crippen LogP contribution < -0.4 is 5.32 Å². The maximum Gasteiger partial charge on any atom is 0.293 e. The Morgan fingerprint density at radius 1 is 1.19 bits per heavy atom. The van der Waals surface area contributed by atoms with Gasteiger partial charge in [0.25, 0.3) is 5.91 Å². The van der Waals surface area contributed by atoms with Gasteiger partial charge in [-0.1, -0.05) is 23.7 Å². The van der Waals surface area contributed by atoms with E-state index in [9.17, 15) is 4.79 Å². The minimum Gasteiger partial charge on any atom is -0.336 e. The number of nitrogens with zero attached hydrogens (tertiary/aromatic N) is 4. The number of amides is 1. The Kier molecular flexibility index (Phi) is 5.85. The van der Waals surface area contributed by atoms with Crippen molar-refractivity contribution in [1.82, 2.24) is 25.0 Å². The average Bonchev–Trinajstić information content (AvgIpc) is 3.40. The fourth-order valence-corrected chi connectivity index (χ4v) is 3.55. The molecule has 2 fully saturated rings. The molecular weight excluding hydrogens is 373 g/mol. The van der Waals surface area contributed by atoms with Crippen LogP contribution in [0.3, 0.4) is 0 Å². The molecule has 8 heteroatoms. The molecule has 0 unspecified atom stereocenters. The summed E-state index contributed by atoms with van der Waals surface area (Å²) < 4.78 is 1.76. The van der Waals surface area contributed by atoms with Crippen LogP contribution >= 0.6 is 24.0 Å². The molecule has 1 aliphatic heterocycles. The molecule has 1 N–H and O–H groups in total. The zero-order valence-corrected chi connectivity index (χ0v) is 16.3. The first kappa shape index (κ1) is 19.1. The minimum absolute atomic E-state index is 0. The third-order valence-electron chi connectivity index (χ3n) is 5.04. The maximum absolute atomic E-state index is 12.9. The number of carbonyl (C=O) groups excluding carboxylic acids is 1. The van der Waals surface area contributed by atoms with Crippen LogP contribution in [-0.4, -0.2) is 51.8 Å². The number of likely N-dealkylation sites (tertiary alicyclic amines) is 1. The second kappa shape index (κ2) is 7.94. The van der Waals surface area contributed by atoms with Gasteiger partial charge >= 0.3 is 0 Å². The predicted octanol–water partition coefficient (Wildman–Crippen LogP) is 3.04. The lowest BCUT2D eigenvalue weighted by molar-refractivity contribution is 0.0695. The molecule has 1 aromatic heterocycles. The Morgan fingerprint density at radius 3 is 2.50 bits per heavy atom. The Balaban J connectivity index is 0.00000196. The zero-order chi connectivity index (χ0) is 17.4. The number of hydrogen-bond acceptors (Lipinski definition) is 4. The summed E-state index contributed by atoms with van der Waals surface area (Å²) in [5, 5.41) is 8.42. The highest BCUT2D eigenvalue weighted by atomic mass is 35.5. The monoisotopic (exact) mass is 395 g/mol. The summed E-state index contributed by atoms with van der Waals surface area (Å²) in [6.07, 6.45) is 4.10. The molecule has 1 saturated carbocycles. The fraction of sp³-hybridized carbons (Fsp3) is 0.500. The van der Waals surface area contributed by atoms with E-state index in [4.69, 9.17) is 11.6 Å². The molecule has 0 radical (unpaired) electrons. The number of benzene rings is 1. The normalized spacial score (nSPS) is 17.8. The molecule has 1 saturated heterocycles. The largest absolute Gasteiger partial charge is 0.336 e. The molecule has 0 atom stereocenters. The molecule has 2 heterocycles. The van der Waals surface area contributed by atoms with Crippen LogP contribution in [0.2, 0.25) is 5.02 Å². The molecule has 26 heavy (non-hydrogen) atoms. The number of para-hydroxylation sites is 1. The summed E-state index contributed by atoms with van der Waals surface area (Å²) >= 11 is 6.33. The third kappa shape index (κ3) is 3.72. The Morgan fingerprint density at radius 2 is 1.88 bits per heavy atom. The predicted molar refractivity (Wildman–Crippen MR) is 104 cm³/mol. The molecule has 6 nitrogen and oxygen atoms in total. The fourth-order valence-electron chi connectivity index (χ4n) is 3.33. The topological polar surface area (TPSA) is 63.1 Å². The zero-order valence-electron chi connectivity index (χ0n) is 14.7. The standard InChI is InChI=1S/C18H22ClN5O.ClH/c1-20-13-8-10-23(11-9-13)18(25)16-21-17(12-6-7-12)24(22-16)15-5-3-2-4-14(15)19;/h2-5,12-13,20H,6-11H2,1H3;1H. The summed E-state index contributed by atoms with van der Waals surface area (Å²) in [5.74, 6) is 1.42. The molecule has 0 spiro atoms. The lowest BCUT2D eigenvalue weighted by Crippen LogP contribution is -2.44. The van der Waals surface area contributed by atoms with Gasteiger partial charge in [0.15, 0.2) is 0 Å².